The van der Waals surface area contributed by atoms with Gasteiger partial charge in [0.25, 0.3) is 5.91 Å². The Morgan fingerprint density at radius 3 is 2.71 bits per heavy atom. The number of thiazole rings is 1. The molecule has 3 heterocycles. The third-order valence-electron chi connectivity index (χ3n) is 6.56. The number of piperidine rings is 1. The van der Waals surface area contributed by atoms with Crippen LogP contribution in [0.1, 0.15) is 50.7 Å². The highest BCUT2D eigenvalue weighted by molar-refractivity contribution is 7.14. The standard InChI is InChI=1S/C28H27N3O3S/c1-18-30-26(20-7-3-2-4-8-20)27(35-18)28(34)31-16-14-22(32)17-21(31)12-13-24(33)23-11-5-9-19-10-6-15-29-25(19)23/h2-11,15,21-22,32H,12-14,16-17H2,1H3/t21-,22-/m1/s1. The van der Waals surface area contributed by atoms with Gasteiger partial charge in [-0.05, 0) is 38.3 Å². The second-order valence-corrected chi connectivity index (χ2v) is 10.2. The number of aryl methyl sites for hydroxylation is 1. The lowest BCUT2D eigenvalue weighted by Gasteiger charge is -2.38. The third kappa shape index (κ3) is 4.88. The molecule has 2 aromatic heterocycles. The van der Waals surface area contributed by atoms with E-state index >= 15 is 0 Å². The number of rotatable bonds is 6. The highest BCUT2D eigenvalue weighted by Gasteiger charge is 2.34. The molecule has 6 nitrogen and oxygen atoms in total. The number of nitrogens with zero attached hydrogens (tertiary/aromatic N) is 3. The first-order chi connectivity index (χ1) is 17.0. The lowest BCUT2D eigenvalue weighted by Crippen LogP contribution is -2.47. The summed E-state index contributed by atoms with van der Waals surface area (Å²) < 4.78 is 0. The average molecular weight is 486 g/mol. The Balaban J connectivity index is 1.37. The third-order valence-corrected chi connectivity index (χ3v) is 7.52. The average Bonchev–Trinajstić information content (AvgIpc) is 3.28. The minimum Gasteiger partial charge on any atom is -0.393 e. The number of hydrogen-bond donors (Lipinski definition) is 1. The lowest BCUT2D eigenvalue weighted by atomic mass is 9.93. The van der Waals surface area contributed by atoms with Crippen LogP contribution in [-0.4, -0.2) is 50.4 Å². The number of pyridine rings is 1. The Bertz CT molecular complexity index is 1360. The number of likely N-dealkylation sites (tertiary alicyclic amines) is 1. The molecule has 7 heteroatoms. The first-order valence-corrected chi connectivity index (χ1v) is 12.7. The van der Waals surface area contributed by atoms with E-state index in [0.717, 1.165) is 16.0 Å². The molecule has 178 valence electrons. The van der Waals surface area contributed by atoms with Crippen LogP contribution in [0.2, 0.25) is 0 Å². The van der Waals surface area contributed by atoms with Crippen molar-refractivity contribution in [3.63, 3.8) is 0 Å². The first kappa shape index (κ1) is 23.3. The van der Waals surface area contributed by atoms with E-state index in [9.17, 15) is 14.7 Å². The van der Waals surface area contributed by atoms with Gasteiger partial charge in [0.1, 0.15) is 4.88 Å². The van der Waals surface area contributed by atoms with E-state index in [1.165, 1.54) is 11.3 Å². The van der Waals surface area contributed by atoms with Gasteiger partial charge in [-0.2, -0.15) is 0 Å². The van der Waals surface area contributed by atoms with Crippen LogP contribution >= 0.6 is 11.3 Å². The molecule has 1 aliphatic heterocycles. The van der Waals surface area contributed by atoms with Crippen molar-refractivity contribution in [1.29, 1.82) is 0 Å². The number of benzene rings is 2. The van der Waals surface area contributed by atoms with Gasteiger partial charge in [-0.1, -0.05) is 48.5 Å². The molecular formula is C28H27N3O3S. The number of Topliss-reactive ketones (excluding diaryl/α,β-unsaturated/α-hetero) is 1. The second-order valence-electron chi connectivity index (χ2n) is 8.95. The normalized spacial score (nSPS) is 18.1. The number of hydrogen-bond acceptors (Lipinski definition) is 6. The van der Waals surface area contributed by atoms with Crippen molar-refractivity contribution in [3.05, 3.63) is 82.3 Å². The van der Waals surface area contributed by atoms with Crippen molar-refractivity contribution in [2.24, 2.45) is 0 Å². The van der Waals surface area contributed by atoms with E-state index in [2.05, 4.69) is 9.97 Å². The topological polar surface area (TPSA) is 83.4 Å². The Hall–Kier alpha value is -3.42. The fraction of sp³-hybridized carbons (Fsp3) is 0.286. The minimum atomic E-state index is -0.477. The van der Waals surface area contributed by atoms with E-state index in [-0.39, 0.29) is 24.2 Å². The Morgan fingerprint density at radius 2 is 1.89 bits per heavy atom. The molecule has 1 N–H and O–H groups in total. The van der Waals surface area contributed by atoms with E-state index in [0.29, 0.717) is 47.5 Å². The second kappa shape index (κ2) is 10.1. The summed E-state index contributed by atoms with van der Waals surface area (Å²) in [6.45, 7) is 2.36. The molecule has 0 unspecified atom stereocenters. The number of para-hydroxylation sites is 1. The van der Waals surface area contributed by atoms with Crippen molar-refractivity contribution in [2.45, 2.75) is 44.8 Å². The summed E-state index contributed by atoms with van der Waals surface area (Å²) in [6, 6.07) is 18.9. The number of aromatic nitrogens is 2. The molecule has 1 amide bonds. The van der Waals surface area contributed by atoms with Gasteiger partial charge in [0.15, 0.2) is 5.78 Å². The van der Waals surface area contributed by atoms with Crippen LogP contribution in [-0.2, 0) is 0 Å². The summed E-state index contributed by atoms with van der Waals surface area (Å²) in [5.41, 5.74) is 2.90. The van der Waals surface area contributed by atoms with Crippen LogP contribution in [0.3, 0.4) is 0 Å². The number of ketones is 1. The Labute approximate surface area is 208 Å². The summed E-state index contributed by atoms with van der Waals surface area (Å²) in [6.07, 6.45) is 2.98. The highest BCUT2D eigenvalue weighted by Crippen LogP contribution is 2.32. The van der Waals surface area contributed by atoms with Gasteiger partial charge in [-0.3, -0.25) is 14.6 Å². The molecule has 1 aliphatic rings. The molecule has 35 heavy (non-hydrogen) atoms. The molecule has 1 saturated heterocycles. The van der Waals surface area contributed by atoms with Gasteiger partial charge in [-0.25, -0.2) is 4.98 Å². The van der Waals surface area contributed by atoms with Gasteiger partial charge in [0, 0.05) is 41.7 Å². The van der Waals surface area contributed by atoms with Gasteiger partial charge in [0.2, 0.25) is 0 Å². The Kier molecular flexibility index (Phi) is 6.70. The molecule has 0 spiro atoms. The predicted molar refractivity (Wildman–Crippen MR) is 138 cm³/mol. The largest absolute Gasteiger partial charge is 0.393 e. The SMILES string of the molecule is Cc1nc(-c2ccccc2)c(C(=O)N2CC[C@@H](O)C[C@H]2CCC(=O)c2cccc3cccnc23)s1. The minimum absolute atomic E-state index is 0.000344. The molecule has 0 saturated carbocycles. The molecule has 0 bridgehead atoms. The van der Waals surface area contributed by atoms with Gasteiger partial charge < -0.3 is 10.0 Å². The summed E-state index contributed by atoms with van der Waals surface area (Å²) in [5.74, 6) is -0.0778. The zero-order valence-electron chi connectivity index (χ0n) is 19.6. The van der Waals surface area contributed by atoms with Gasteiger partial charge in [-0.15, -0.1) is 11.3 Å². The molecule has 5 rings (SSSR count). The molecule has 4 aromatic rings. The molecule has 1 fully saturated rings. The van der Waals surface area contributed by atoms with Crippen LogP contribution in [0.25, 0.3) is 22.2 Å². The number of amides is 1. The first-order valence-electron chi connectivity index (χ1n) is 11.9. The number of carbonyl (C=O) groups is 2. The quantitative estimate of drug-likeness (QED) is 0.375. The van der Waals surface area contributed by atoms with Crippen LogP contribution in [0.5, 0.6) is 0 Å². The predicted octanol–water partition coefficient (Wildman–Crippen LogP) is 5.30. The van der Waals surface area contributed by atoms with E-state index < -0.39 is 6.10 Å². The monoisotopic (exact) mass is 485 g/mol. The smallest absolute Gasteiger partial charge is 0.266 e. The molecule has 2 atom stereocenters. The van der Waals surface area contributed by atoms with Gasteiger partial charge in [0.05, 0.1) is 22.3 Å². The number of carbonyl (C=O) groups excluding carboxylic acids is 2. The molecule has 2 aromatic carbocycles. The van der Waals surface area contributed by atoms with Crippen molar-refractivity contribution < 1.29 is 14.7 Å². The van der Waals surface area contributed by atoms with Crippen molar-refractivity contribution in [2.75, 3.05) is 6.54 Å². The van der Waals surface area contributed by atoms with E-state index in [1.807, 2.05) is 72.5 Å². The lowest BCUT2D eigenvalue weighted by molar-refractivity contribution is 0.0300. The van der Waals surface area contributed by atoms with E-state index in [1.54, 1.807) is 6.20 Å². The number of aliphatic hydroxyl groups is 1. The fourth-order valence-electron chi connectivity index (χ4n) is 4.83. The highest BCUT2D eigenvalue weighted by atomic mass is 32.1. The van der Waals surface area contributed by atoms with E-state index in [4.69, 9.17) is 0 Å². The maximum absolute atomic E-state index is 13.7. The summed E-state index contributed by atoms with van der Waals surface area (Å²) in [5, 5.41) is 12.1. The number of aliphatic hydroxyl groups excluding tert-OH is 1. The van der Waals surface area contributed by atoms with Crippen molar-refractivity contribution in [3.8, 4) is 11.3 Å². The van der Waals surface area contributed by atoms with Gasteiger partial charge >= 0.3 is 0 Å². The summed E-state index contributed by atoms with van der Waals surface area (Å²) in [7, 11) is 0. The fourth-order valence-corrected chi connectivity index (χ4v) is 5.72. The maximum Gasteiger partial charge on any atom is 0.266 e. The molecule has 0 radical (unpaired) electrons. The molecular weight excluding hydrogens is 458 g/mol. The van der Waals surface area contributed by atoms with Crippen molar-refractivity contribution >= 4 is 33.9 Å². The zero-order chi connectivity index (χ0) is 24.4. The summed E-state index contributed by atoms with van der Waals surface area (Å²) in [4.78, 5) is 38.4. The van der Waals surface area contributed by atoms with Crippen LogP contribution in [0.4, 0.5) is 0 Å². The van der Waals surface area contributed by atoms with Crippen LogP contribution in [0, 0.1) is 6.92 Å². The van der Waals surface area contributed by atoms with Crippen LogP contribution in [0.15, 0.2) is 66.9 Å². The zero-order valence-corrected chi connectivity index (χ0v) is 20.4. The summed E-state index contributed by atoms with van der Waals surface area (Å²) >= 11 is 1.40. The maximum atomic E-state index is 13.7. The van der Waals surface area contributed by atoms with Crippen molar-refractivity contribution in [1.82, 2.24) is 14.9 Å². The Morgan fingerprint density at radius 1 is 1.09 bits per heavy atom. The molecule has 0 aliphatic carbocycles. The van der Waals surface area contributed by atoms with Crippen LogP contribution < -0.4 is 0 Å². The number of fused-ring (bicyclic) bond motifs is 1.